The second kappa shape index (κ2) is 4.10. The molecule has 0 saturated carbocycles. The van der Waals surface area contributed by atoms with Crippen LogP contribution in [0.5, 0.6) is 0 Å². The summed E-state index contributed by atoms with van der Waals surface area (Å²) in [6.07, 6.45) is 0.615. The second-order valence-electron chi connectivity index (χ2n) is 4.80. The van der Waals surface area contributed by atoms with Gasteiger partial charge in [-0.25, -0.2) is 4.79 Å². The van der Waals surface area contributed by atoms with E-state index in [1.807, 2.05) is 30.3 Å². The minimum Gasteiger partial charge on any atom is -0.323 e. The number of imide groups is 1. The molecule has 5 nitrogen and oxygen atoms in total. The number of rotatable bonds is 1. The highest BCUT2D eigenvalue weighted by molar-refractivity contribution is 6.07. The Bertz CT molecular complexity index is 488. The minimum atomic E-state index is -0.788. The normalized spacial score (nSPS) is 31.2. The topological polar surface area (TPSA) is 70.2 Å². The van der Waals surface area contributed by atoms with Crippen LogP contribution in [0, 0.1) is 0 Å². The van der Waals surface area contributed by atoms with E-state index >= 15 is 0 Å². The van der Waals surface area contributed by atoms with Crippen molar-refractivity contribution in [2.75, 3.05) is 13.1 Å². The molecule has 1 spiro atoms. The van der Waals surface area contributed by atoms with Gasteiger partial charge in [0.05, 0.1) is 0 Å². The van der Waals surface area contributed by atoms with Gasteiger partial charge in [0.25, 0.3) is 5.91 Å². The predicted octanol–water partition coefficient (Wildman–Crippen LogP) is 0.342. The average Bonchev–Trinajstić information content (AvgIpc) is 2.66. The van der Waals surface area contributed by atoms with Crippen molar-refractivity contribution in [1.29, 1.82) is 0 Å². The fourth-order valence-electron chi connectivity index (χ4n) is 2.89. The van der Waals surface area contributed by atoms with E-state index in [0.717, 1.165) is 12.1 Å². The molecule has 2 fully saturated rings. The number of carbonyl (C=O) groups is 2. The van der Waals surface area contributed by atoms with Crippen LogP contribution < -0.4 is 16.0 Å². The predicted molar refractivity (Wildman–Crippen MR) is 66.1 cm³/mol. The van der Waals surface area contributed by atoms with Crippen LogP contribution in [0.15, 0.2) is 30.3 Å². The number of carbonyl (C=O) groups excluding carboxylic acids is 2. The lowest BCUT2D eigenvalue weighted by Gasteiger charge is -2.39. The highest BCUT2D eigenvalue weighted by Crippen LogP contribution is 2.35. The molecule has 2 unspecified atom stereocenters. The number of hydrogen-bond acceptors (Lipinski definition) is 3. The molecule has 2 saturated heterocycles. The summed E-state index contributed by atoms with van der Waals surface area (Å²) in [5, 5.41) is 8.48. The molecule has 18 heavy (non-hydrogen) atoms. The first-order valence-corrected chi connectivity index (χ1v) is 6.12. The molecule has 2 aliphatic rings. The van der Waals surface area contributed by atoms with Gasteiger partial charge in [0, 0.05) is 12.5 Å². The molecule has 0 bridgehead atoms. The Hall–Kier alpha value is -1.88. The third-order valence-corrected chi connectivity index (χ3v) is 3.81. The van der Waals surface area contributed by atoms with Crippen molar-refractivity contribution in [2.45, 2.75) is 17.9 Å². The maximum Gasteiger partial charge on any atom is 0.322 e. The molecule has 3 rings (SSSR count). The molecule has 3 N–H and O–H groups in total. The highest BCUT2D eigenvalue weighted by Gasteiger charge is 2.53. The summed E-state index contributed by atoms with van der Waals surface area (Å²) >= 11 is 0. The van der Waals surface area contributed by atoms with E-state index in [0.29, 0.717) is 13.0 Å². The number of piperidine rings is 1. The van der Waals surface area contributed by atoms with Gasteiger partial charge in [-0.05, 0) is 18.5 Å². The standard InChI is InChI=1S/C13H15N3O2/c17-11-13(16-12(18)15-11)6-7-14-8-10(13)9-4-2-1-3-5-9/h1-5,10,14H,6-8H2,(H2,15,16,17,18). The van der Waals surface area contributed by atoms with E-state index in [1.165, 1.54) is 0 Å². The van der Waals surface area contributed by atoms with Crippen LogP contribution in [0.1, 0.15) is 17.9 Å². The summed E-state index contributed by atoms with van der Waals surface area (Å²) in [6.45, 7) is 1.43. The summed E-state index contributed by atoms with van der Waals surface area (Å²) in [5.41, 5.74) is 0.283. The van der Waals surface area contributed by atoms with Crippen molar-refractivity contribution in [3.63, 3.8) is 0 Å². The van der Waals surface area contributed by atoms with Crippen LogP contribution in [-0.2, 0) is 4.79 Å². The van der Waals surface area contributed by atoms with Gasteiger partial charge in [-0.3, -0.25) is 10.1 Å². The SMILES string of the molecule is O=C1NC(=O)C2(CCNCC2c2ccccc2)N1. The molecule has 0 aromatic heterocycles. The number of benzene rings is 1. The Morgan fingerprint density at radius 3 is 2.61 bits per heavy atom. The Labute approximate surface area is 105 Å². The molecule has 5 heteroatoms. The molecule has 1 aromatic carbocycles. The lowest BCUT2D eigenvalue weighted by molar-refractivity contribution is -0.125. The van der Waals surface area contributed by atoms with Gasteiger partial charge < -0.3 is 10.6 Å². The van der Waals surface area contributed by atoms with E-state index in [9.17, 15) is 9.59 Å². The summed E-state index contributed by atoms with van der Waals surface area (Å²) in [7, 11) is 0. The number of amides is 3. The second-order valence-corrected chi connectivity index (χ2v) is 4.80. The lowest BCUT2D eigenvalue weighted by Crippen LogP contribution is -2.59. The van der Waals surface area contributed by atoms with Crippen molar-refractivity contribution in [3.05, 3.63) is 35.9 Å². The molecule has 0 radical (unpaired) electrons. The fourth-order valence-corrected chi connectivity index (χ4v) is 2.89. The maximum atomic E-state index is 12.1. The average molecular weight is 245 g/mol. The van der Waals surface area contributed by atoms with Crippen molar-refractivity contribution < 1.29 is 9.59 Å². The van der Waals surface area contributed by atoms with Crippen molar-refractivity contribution in [2.24, 2.45) is 0 Å². The van der Waals surface area contributed by atoms with E-state index in [1.54, 1.807) is 0 Å². The Morgan fingerprint density at radius 2 is 1.94 bits per heavy atom. The first kappa shape index (κ1) is 11.2. The Balaban J connectivity index is 2.01. The van der Waals surface area contributed by atoms with Gasteiger partial charge in [-0.1, -0.05) is 30.3 Å². The molecular weight excluding hydrogens is 230 g/mol. The Kier molecular flexibility index (Phi) is 2.56. The minimum absolute atomic E-state index is 0.0288. The van der Waals surface area contributed by atoms with Crippen LogP contribution >= 0.6 is 0 Å². The summed E-state index contributed by atoms with van der Waals surface area (Å²) < 4.78 is 0. The van der Waals surface area contributed by atoms with E-state index in [4.69, 9.17) is 0 Å². The summed E-state index contributed by atoms with van der Waals surface area (Å²) in [5.74, 6) is -0.234. The van der Waals surface area contributed by atoms with Crippen LogP contribution in [0.25, 0.3) is 0 Å². The van der Waals surface area contributed by atoms with Crippen LogP contribution in [-0.4, -0.2) is 30.6 Å². The lowest BCUT2D eigenvalue weighted by atomic mass is 9.74. The summed E-state index contributed by atoms with van der Waals surface area (Å²) in [6, 6.07) is 9.45. The smallest absolute Gasteiger partial charge is 0.322 e. The number of nitrogens with one attached hydrogen (secondary N) is 3. The highest BCUT2D eigenvalue weighted by atomic mass is 16.2. The molecule has 2 heterocycles. The van der Waals surface area contributed by atoms with E-state index in [2.05, 4.69) is 16.0 Å². The van der Waals surface area contributed by atoms with Gasteiger partial charge in [-0.2, -0.15) is 0 Å². The van der Waals surface area contributed by atoms with Crippen LogP contribution in [0.4, 0.5) is 4.79 Å². The molecule has 0 aliphatic carbocycles. The molecular formula is C13H15N3O2. The quantitative estimate of drug-likeness (QED) is 0.625. The van der Waals surface area contributed by atoms with Crippen molar-refractivity contribution in [1.82, 2.24) is 16.0 Å². The third kappa shape index (κ3) is 1.59. The maximum absolute atomic E-state index is 12.1. The molecule has 3 amide bonds. The number of urea groups is 1. The van der Waals surface area contributed by atoms with Gasteiger partial charge in [0.15, 0.2) is 0 Å². The van der Waals surface area contributed by atoms with Gasteiger partial charge in [0.2, 0.25) is 0 Å². The first-order chi connectivity index (χ1) is 8.72. The largest absolute Gasteiger partial charge is 0.323 e. The zero-order valence-corrected chi connectivity index (χ0v) is 9.90. The van der Waals surface area contributed by atoms with Gasteiger partial charge in [0.1, 0.15) is 5.54 Å². The van der Waals surface area contributed by atoms with Gasteiger partial charge in [-0.15, -0.1) is 0 Å². The molecule has 1 aromatic rings. The molecule has 2 atom stereocenters. The number of hydrogen-bond donors (Lipinski definition) is 3. The van der Waals surface area contributed by atoms with Crippen LogP contribution in [0.3, 0.4) is 0 Å². The zero-order valence-electron chi connectivity index (χ0n) is 9.90. The summed E-state index contributed by atoms with van der Waals surface area (Å²) in [4.78, 5) is 23.6. The molecule has 94 valence electrons. The molecule has 2 aliphatic heterocycles. The fraction of sp³-hybridized carbons (Fsp3) is 0.385. The van der Waals surface area contributed by atoms with Crippen LogP contribution in [0.2, 0.25) is 0 Å². The van der Waals surface area contributed by atoms with E-state index in [-0.39, 0.29) is 17.9 Å². The van der Waals surface area contributed by atoms with Crippen molar-refractivity contribution in [3.8, 4) is 0 Å². The zero-order chi connectivity index (χ0) is 12.6. The van der Waals surface area contributed by atoms with Crippen molar-refractivity contribution >= 4 is 11.9 Å². The first-order valence-electron chi connectivity index (χ1n) is 6.12. The Morgan fingerprint density at radius 1 is 1.17 bits per heavy atom. The third-order valence-electron chi connectivity index (χ3n) is 3.81. The van der Waals surface area contributed by atoms with E-state index < -0.39 is 5.54 Å². The van der Waals surface area contributed by atoms with Gasteiger partial charge >= 0.3 is 6.03 Å². The monoisotopic (exact) mass is 245 g/mol.